The topological polar surface area (TPSA) is 107 Å². The number of likely N-dealkylation sites (N-methyl/N-ethyl adjacent to an activating group) is 1. The summed E-state index contributed by atoms with van der Waals surface area (Å²) < 4.78 is 0. The SMILES string of the molecule is CC1CC(/C=C2\C(=O)NC(=O)N(C)C2=O)C(C)N1C1CCCC(C(=O)O)C1. The number of nitrogens with one attached hydrogen (secondary N) is 1. The van der Waals surface area contributed by atoms with Gasteiger partial charge in [-0.1, -0.05) is 12.5 Å². The van der Waals surface area contributed by atoms with Crippen molar-refractivity contribution in [1.82, 2.24) is 15.1 Å². The molecule has 0 aromatic heterocycles. The zero-order valence-corrected chi connectivity index (χ0v) is 16.0. The third-order valence-electron chi connectivity index (χ3n) is 6.32. The van der Waals surface area contributed by atoms with Crippen LogP contribution in [0.2, 0.25) is 0 Å². The molecular formula is C19H27N3O5. The van der Waals surface area contributed by atoms with Crippen LogP contribution in [0.4, 0.5) is 4.79 Å². The Morgan fingerprint density at radius 3 is 2.56 bits per heavy atom. The lowest BCUT2D eigenvalue weighted by Gasteiger charge is -2.39. The first-order chi connectivity index (χ1) is 12.7. The van der Waals surface area contributed by atoms with Crippen molar-refractivity contribution in [3.63, 3.8) is 0 Å². The molecule has 8 heteroatoms. The Kier molecular flexibility index (Phi) is 5.37. The third-order valence-corrected chi connectivity index (χ3v) is 6.32. The van der Waals surface area contributed by atoms with E-state index in [0.29, 0.717) is 6.42 Å². The molecule has 1 aliphatic carbocycles. The van der Waals surface area contributed by atoms with E-state index in [9.17, 15) is 24.3 Å². The number of carbonyl (C=O) groups excluding carboxylic acids is 3. The van der Waals surface area contributed by atoms with Crippen LogP contribution in [0.3, 0.4) is 0 Å². The van der Waals surface area contributed by atoms with E-state index in [2.05, 4.69) is 24.1 Å². The van der Waals surface area contributed by atoms with Crippen molar-refractivity contribution in [3.8, 4) is 0 Å². The van der Waals surface area contributed by atoms with Gasteiger partial charge in [-0.05, 0) is 45.4 Å². The van der Waals surface area contributed by atoms with Gasteiger partial charge < -0.3 is 5.11 Å². The molecular weight excluding hydrogens is 350 g/mol. The van der Waals surface area contributed by atoms with Crippen molar-refractivity contribution in [3.05, 3.63) is 11.6 Å². The minimum absolute atomic E-state index is 0.00323. The van der Waals surface area contributed by atoms with Crippen LogP contribution in [0.25, 0.3) is 0 Å². The fourth-order valence-corrected chi connectivity index (χ4v) is 4.87. The summed E-state index contributed by atoms with van der Waals surface area (Å²) in [6.45, 7) is 4.17. The van der Waals surface area contributed by atoms with E-state index in [1.165, 1.54) is 7.05 Å². The lowest BCUT2D eigenvalue weighted by Crippen LogP contribution is -2.52. The van der Waals surface area contributed by atoms with Gasteiger partial charge in [0.15, 0.2) is 0 Å². The second kappa shape index (κ2) is 7.42. The number of likely N-dealkylation sites (tertiary alicyclic amines) is 1. The van der Waals surface area contributed by atoms with E-state index in [0.717, 1.165) is 30.6 Å². The van der Waals surface area contributed by atoms with Gasteiger partial charge >= 0.3 is 12.0 Å². The molecule has 2 N–H and O–H groups in total. The maximum Gasteiger partial charge on any atom is 0.331 e. The molecule has 3 aliphatic rings. The standard InChI is InChI=1S/C19H27N3O5/c1-10-7-13(9-15-16(23)20-19(27)21(3)17(15)24)11(2)22(10)14-6-4-5-12(8-14)18(25)26/h9-14H,4-8H2,1-3H3,(H,25,26)(H,20,23,27)/b15-9+. The second-order valence-corrected chi connectivity index (χ2v) is 8.00. The summed E-state index contributed by atoms with van der Waals surface area (Å²) in [4.78, 5) is 50.6. The van der Waals surface area contributed by atoms with Crippen LogP contribution in [0.5, 0.6) is 0 Å². The first-order valence-corrected chi connectivity index (χ1v) is 9.56. The molecule has 3 fully saturated rings. The van der Waals surface area contributed by atoms with Crippen molar-refractivity contribution >= 4 is 23.8 Å². The zero-order valence-electron chi connectivity index (χ0n) is 16.0. The Bertz CT molecular complexity index is 703. The van der Waals surface area contributed by atoms with Crippen LogP contribution in [0, 0.1) is 11.8 Å². The van der Waals surface area contributed by atoms with Crippen LogP contribution in [0.15, 0.2) is 11.6 Å². The van der Waals surface area contributed by atoms with Crippen molar-refractivity contribution in [2.24, 2.45) is 11.8 Å². The lowest BCUT2D eigenvalue weighted by atomic mass is 9.84. The summed E-state index contributed by atoms with van der Waals surface area (Å²) in [5.74, 6) is -2.26. The first kappa shape index (κ1) is 19.5. The number of carboxylic acid groups (broad SMARTS) is 1. The minimum atomic E-state index is -0.727. The predicted octanol–water partition coefficient (Wildman–Crippen LogP) is 1.36. The van der Waals surface area contributed by atoms with E-state index in [1.807, 2.05) is 0 Å². The monoisotopic (exact) mass is 377 g/mol. The number of amides is 4. The van der Waals surface area contributed by atoms with E-state index in [4.69, 9.17) is 0 Å². The van der Waals surface area contributed by atoms with Gasteiger partial charge in [0.05, 0.1) is 5.92 Å². The van der Waals surface area contributed by atoms with E-state index in [1.54, 1.807) is 6.08 Å². The maximum absolute atomic E-state index is 12.3. The molecule has 2 heterocycles. The highest BCUT2D eigenvalue weighted by atomic mass is 16.4. The summed E-state index contributed by atoms with van der Waals surface area (Å²) in [7, 11) is 1.35. The number of carbonyl (C=O) groups is 4. The quantitative estimate of drug-likeness (QED) is 0.568. The van der Waals surface area contributed by atoms with Gasteiger partial charge in [-0.25, -0.2) is 4.79 Å². The number of urea groups is 1. The summed E-state index contributed by atoms with van der Waals surface area (Å²) in [5, 5.41) is 11.5. The molecule has 5 unspecified atom stereocenters. The Morgan fingerprint density at radius 1 is 1.19 bits per heavy atom. The number of hydrogen-bond donors (Lipinski definition) is 2. The zero-order chi connectivity index (χ0) is 19.9. The van der Waals surface area contributed by atoms with Crippen LogP contribution < -0.4 is 5.32 Å². The van der Waals surface area contributed by atoms with Crippen molar-refractivity contribution in [2.75, 3.05) is 7.05 Å². The largest absolute Gasteiger partial charge is 0.481 e. The van der Waals surface area contributed by atoms with Crippen LogP contribution >= 0.6 is 0 Å². The van der Waals surface area contributed by atoms with Gasteiger partial charge in [-0.15, -0.1) is 0 Å². The molecule has 3 rings (SSSR count). The second-order valence-electron chi connectivity index (χ2n) is 8.00. The number of barbiturate groups is 1. The number of carboxylic acids is 1. The minimum Gasteiger partial charge on any atom is -0.481 e. The Labute approximate surface area is 158 Å². The molecule has 1 saturated carbocycles. The van der Waals surface area contributed by atoms with E-state index in [-0.39, 0.29) is 35.5 Å². The number of rotatable bonds is 3. The smallest absolute Gasteiger partial charge is 0.331 e. The number of imide groups is 2. The lowest BCUT2D eigenvalue weighted by molar-refractivity contribution is -0.143. The Hall–Kier alpha value is -2.22. The molecule has 0 aromatic carbocycles. The normalized spacial score (nSPS) is 37.0. The molecule has 2 saturated heterocycles. The predicted molar refractivity (Wildman–Crippen MR) is 96.6 cm³/mol. The van der Waals surface area contributed by atoms with Crippen molar-refractivity contribution in [1.29, 1.82) is 0 Å². The summed E-state index contributed by atoms with van der Waals surface area (Å²) in [5.41, 5.74) is 0.00931. The molecule has 148 valence electrons. The van der Waals surface area contributed by atoms with Gasteiger partial charge in [-0.3, -0.25) is 29.5 Å². The molecule has 8 nitrogen and oxygen atoms in total. The van der Waals surface area contributed by atoms with Gasteiger partial charge in [-0.2, -0.15) is 0 Å². The molecule has 4 amide bonds. The highest BCUT2D eigenvalue weighted by Gasteiger charge is 2.43. The average Bonchev–Trinajstić information content (AvgIpc) is 2.90. The van der Waals surface area contributed by atoms with E-state index >= 15 is 0 Å². The van der Waals surface area contributed by atoms with Gasteiger partial charge in [0.2, 0.25) is 0 Å². The Balaban J connectivity index is 1.78. The molecule has 0 aromatic rings. The van der Waals surface area contributed by atoms with E-state index < -0.39 is 23.8 Å². The molecule has 2 aliphatic heterocycles. The molecule has 0 spiro atoms. The summed E-state index contributed by atoms with van der Waals surface area (Å²) in [6, 6.07) is -0.180. The number of aliphatic carboxylic acids is 1. The fourth-order valence-electron chi connectivity index (χ4n) is 4.87. The van der Waals surface area contributed by atoms with Crippen LogP contribution in [0.1, 0.15) is 46.0 Å². The highest BCUT2D eigenvalue weighted by Crippen LogP contribution is 2.38. The van der Waals surface area contributed by atoms with Gasteiger partial charge in [0.1, 0.15) is 5.57 Å². The molecule has 5 atom stereocenters. The fraction of sp³-hybridized carbons (Fsp3) is 0.684. The van der Waals surface area contributed by atoms with Crippen molar-refractivity contribution in [2.45, 2.75) is 64.1 Å². The molecule has 27 heavy (non-hydrogen) atoms. The van der Waals surface area contributed by atoms with Crippen LogP contribution in [-0.2, 0) is 14.4 Å². The first-order valence-electron chi connectivity index (χ1n) is 9.56. The maximum atomic E-state index is 12.3. The molecule has 0 radical (unpaired) electrons. The summed E-state index contributed by atoms with van der Waals surface area (Å²) in [6.07, 6.45) is 5.72. The van der Waals surface area contributed by atoms with Gasteiger partial charge in [0.25, 0.3) is 11.8 Å². The van der Waals surface area contributed by atoms with Crippen LogP contribution in [-0.4, -0.2) is 63.9 Å². The van der Waals surface area contributed by atoms with Crippen molar-refractivity contribution < 1.29 is 24.3 Å². The number of hydrogen-bond acceptors (Lipinski definition) is 5. The average molecular weight is 377 g/mol. The molecule has 0 bridgehead atoms. The Morgan fingerprint density at radius 2 is 1.89 bits per heavy atom. The highest BCUT2D eigenvalue weighted by molar-refractivity contribution is 6.28. The third kappa shape index (κ3) is 3.63. The summed E-state index contributed by atoms with van der Waals surface area (Å²) >= 11 is 0. The van der Waals surface area contributed by atoms with Gasteiger partial charge in [0, 0.05) is 25.2 Å². The number of nitrogens with zero attached hydrogens (tertiary/aromatic N) is 2.